The fraction of sp³-hybridized carbons (Fsp3) is 0.474. The molecule has 24 heavy (non-hydrogen) atoms. The lowest BCUT2D eigenvalue weighted by atomic mass is 10.0. The molecule has 0 saturated heterocycles. The van der Waals surface area contributed by atoms with Gasteiger partial charge in [0.15, 0.2) is 6.61 Å². The Kier molecular flexibility index (Phi) is 4.88. The summed E-state index contributed by atoms with van der Waals surface area (Å²) in [6.45, 7) is 4.02. The van der Waals surface area contributed by atoms with Crippen molar-refractivity contribution in [2.45, 2.75) is 46.0 Å². The molecule has 0 saturated carbocycles. The second kappa shape index (κ2) is 7.07. The van der Waals surface area contributed by atoms with Crippen molar-refractivity contribution in [1.29, 1.82) is 0 Å². The average Bonchev–Trinajstić information content (AvgIpc) is 3.05. The van der Waals surface area contributed by atoms with Gasteiger partial charge in [0.1, 0.15) is 11.3 Å². The minimum absolute atomic E-state index is 0.148. The second-order valence-electron chi connectivity index (χ2n) is 6.00. The van der Waals surface area contributed by atoms with E-state index >= 15 is 0 Å². The summed E-state index contributed by atoms with van der Waals surface area (Å²) >= 11 is 0. The van der Waals surface area contributed by atoms with Gasteiger partial charge in [-0.3, -0.25) is 0 Å². The van der Waals surface area contributed by atoms with Gasteiger partial charge in [0.25, 0.3) is 0 Å². The molecule has 1 aliphatic rings. The maximum Gasteiger partial charge on any atom is 0.344 e. The van der Waals surface area contributed by atoms with E-state index in [1.54, 1.807) is 13.0 Å². The molecule has 0 radical (unpaired) electrons. The predicted octanol–water partition coefficient (Wildman–Crippen LogP) is 3.18. The predicted molar refractivity (Wildman–Crippen MR) is 90.6 cm³/mol. The SMILES string of the molecule is CCCc1cc2c3c(c(=O)oc2cc1OCC(=O)OCC)CCC3. The Hall–Kier alpha value is -2.30. The standard InChI is InChI=1S/C19H22O5/c1-3-6-12-9-15-13-7-5-8-14(13)19(21)24-17(15)10-16(12)23-11-18(20)22-4-2/h9-10H,3-8,11H2,1-2H3. The van der Waals surface area contributed by atoms with Crippen LogP contribution in [0.15, 0.2) is 21.3 Å². The van der Waals surface area contributed by atoms with E-state index in [0.29, 0.717) is 17.9 Å². The molecule has 0 aliphatic heterocycles. The molecule has 0 atom stereocenters. The maximum atomic E-state index is 12.1. The summed E-state index contributed by atoms with van der Waals surface area (Å²) < 4.78 is 16.0. The number of esters is 1. The van der Waals surface area contributed by atoms with Gasteiger partial charge in [0.05, 0.1) is 6.61 Å². The maximum absolute atomic E-state index is 12.1. The topological polar surface area (TPSA) is 65.7 Å². The fourth-order valence-corrected chi connectivity index (χ4v) is 3.29. The first-order valence-corrected chi connectivity index (χ1v) is 8.54. The molecule has 1 heterocycles. The first-order valence-electron chi connectivity index (χ1n) is 8.54. The summed E-state index contributed by atoms with van der Waals surface area (Å²) in [6, 6.07) is 3.78. The number of hydrogen-bond donors (Lipinski definition) is 0. The largest absolute Gasteiger partial charge is 0.481 e. The highest BCUT2D eigenvalue weighted by Gasteiger charge is 2.21. The van der Waals surface area contributed by atoms with Gasteiger partial charge in [-0.25, -0.2) is 9.59 Å². The molecule has 0 unspecified atom stereocenters. The van der Waals surface area contributed by atoms with Crippen molar-refractivity contribution >= 4 is 16.9 Å². The second-order valence-corrected chi connectivity index (χ2v) is 6.00. The van der Waals surface area contributed by atoms with Gasteiger partial charge in [0, 0.05) is 17.0 Å². The Bertz CT molecular complexity index is 819. The van der Waals surface area contributed by atoms with E-state index in [1.807, 2.05) is 6.07 Å². The summed E-state index contributed by atoms with van der Waals surface area (Å²) in [5, 5.41) is 0.994. The summed E-state index contributed by atoms with van der Waals surface area (Å²) in [4.78, 5) is 23.7. The van der Waals surface area contributed by atoms with Gasteiger partial charge in [-0.15, -0.1) is 0 Å². The van der Waals surface area contributed by atoms with Crippen molar-refractivity contribution < 1.29 is 18.7 Å². The lowest BCUT2D eigenvalue weighted by Gasteiger charge is -2.13. The molecule has 0 bridgehead atoms. The quantitative estimate of drug-likeness (QED) is 0.601. The van der Waals surface area contributed by atoms with Crippen molar-refractivity contribution in [3.8, 4) is 5.75 Å². The van der Waals surface area contributed by atoms with Crippen molar-refractivity contribution in [3.05, 3.63) is 39.2 Å². The Balaban J connectivity index is 2.02. The molecule has 0 N–H and O–H groups in total. The Labute approximate surface area is 140 Å². The zero-order chi connectivity index (χ0) is 17.1. The monoisotopic (exact) mass is 330 g/mol. The van der Waals surface area contributed by atoms with Crippen LogP contribution in [0.3, 0.4) is 0 Å². The molecule has 0 amide bonds. The molecule has 3 rings (SSSR count). The van der Waals surface area contributed by atoms with E-state index in [4.69, 9.17) is 13.9 Å². The van der Waals surface area contributed by atoms with Crippen LogP contribution in [0, 0.1) is 0 Å². The van der Waals surface area contributed by atoms with E-state index in [0.717, 1.165) is 54.2 Å². The first-order chi connectivity index (χ1) is 11.6. The molecular weight excluding hydrogens is 308 g/mol. The van der Waals surface area contributed by atoms with Gasteiger partial charge in [-0.1, -0.05) is 13.3 Å². The number of aryl methyl sites for hydroxylation is 2. The molecule has 0 fully saturated rings. The van der Waals surface area contributed by atoms with Crippen LogP contribution in [0.25, 0.3) is 11.0 Å². The van der Waals surface area contributed by atoms with Crippen molar-refractivity contribution in [2.75, 3.05) is 13.2 Å². The zero-order valence-electron chi connectivity index (χ0n) is 14.1. The van der Waals surface area contributed by atoms with Gasteiger partial charge in [0.2, 0.25) is 0 Å². The van der Waals surface area contributed by atoms with Gasteiger partial charge >= 0.3 is 11.6 Å². The summed E-state index contributed by atoms with van der Waals surface area (Å²) in [5.41, 5.74) is 3.21. The van der Waals surface area contributed by atoms with Crippen LogP contribution < -0.4 is 10.4 Å². The third-order valence-corrected chi connectivity index (χ3v) is 4.32. The number of hydrogen-bond acceptors (Lipinski definition) is 5. The molecule has 128 valence electrons. The highest BCUT2D eigenvalue weighted by molar-refractivity contribution is 5.84. The number of carbonyl (C=O) groups excluding carboxylic acids is 1. The normalized spacial score (nSPS) is 13.1. The van der Waals surface area contributed by atoms with E-state index in [1.165, 1.54) is 0 Å². The molecule has 0 spiro atoms. The molecule has 5 nitrogen and oxygen atoms in total. The average molecular weight is 330 g/mol. The summed E-state index contributed by atoms with van der Waals surface area (Å²) in [6.07, 6.45) is 4.48. The first kappa shape index (κ1) is 16.6. The molecular formula is C19H22O5. The van der Waals surface area contributed by atoms with Gasteiger partial charge < -0.3 is 13.9 Å². The van der Waals surface area contributed by atoms with Gasteiger partial charge in [-0.05, 0) is 49.8 Å². The van der Waals surface area contributed by atoms with Crippen LogP contribution in [0.2, 0.25) is 0 Å². The van der Waals surface area contributed by atoms with Gasteiger partial charge in [-0.2, -0.15) is 0 Å². The van der Waals surface area contributed by atoms with E-state index in [2.05, 4.69) is 6.92 Å². The van der Waals surface area contributed by atoms with Crippen molar-refractivity contribution in [2.24, 2.45) is 0 Å². The molecule has 1 aliphatic carbocycles. The molecule has 5 heteroatoms. The van der Waals surface area contributed by atoms with Crippen LogP contribution in [-0.2, 0) is 28.8 Å². The van der Waals surface area contributed by atoms with Crippen LogP contribution in [0.1, 0.15) is 43.4 Å². The van der Waals surface area contributed by atoms with Crippen LogP contribution in [0.5, 0.6) is 5.75 Å². The van der Waals surface area contributed by atoms with Crippen LogP contribution >= 0.6 is 0 Å². The number of ether oxygens (including phenoxy) is 2. The number of carbonyl (C=O) groups is 1. The summed E-state index contributed by atoms with van der Waals surface area (Å²) in [7, 11) is 0. The highest BCUT2D eigenvalue weighted by atomic mass is 16.6. The Morgan fingerprint density at radius 1 is 1.21 bits per heavy atom. The number of benzene rings is 1. The molecule has 1 aromatic heterocycles. The lowest BCUT2D eigenvalue weighted by molar-refractivity contribution is -0.145. The van der Waals surface area contributed by atoms with Crippen molar-refractivity contribution in [1.82, 2.24) is 0 Å². The fourth-order valence-electron chi connectivity index (χ4n) is 3.29. The highest BCUT2D eigenvalue weighted by Crippen LogP contribution is 2.32. The number of rotatable bonds is 6. The van der Waals surface area contributed by atoms with E-state index < -0.39 is 5.97 Å². The minimum atomic E-state index is -0.407. The van der Waals surface area contributed by atoms with E-state index in [9.17, 15) is 9.59 Å². The molecule has 1 aromatic carbocycles. The van der Waals surface area contributed by atoms with E-state index in [-0.39, 0.29) is 12.2 Å². The smallest absolute Gasteiger partial charge is 0.344 e. The third kappa shape index (κ3) is 3.16. The zero-order valence-corrected chi connectivity index (χ0v) is 14.1. The van der Waals surface area contributed by atoms with Crippen LogP contribution in [0.4, 0.5) is 0 Å². The summed E-state index contributed by atoms with van der Waals surface area (Å²) in [5.74, 6) is 0.175. The molecule has 2 aromatic rings. The van der Waals surface area contributed by atoms with Crippen molar-refractivity contribution in [3.63, 3.8) is 0 Å². The minimum Gasteiger partial charge on any atom is -0.481 e. The Morgan fingerprint density at radius 3 is 2.75 bits per heavy atom. The number of fused-ring (bicyclic) bond motifs is 3. The Morgan fingerprint density at radius 2 is 2.00 bits per heavy atom. The third-order valence-electron chi connectivity index (χ3n) is 4.32. The van der Waals surface area contributed by atoms with Crippen LogP contribution in [-0.4, -0.2) is 19.2 Å². The lowest BCUT2D eigenvalue weighted by Crippen LogP contribution is -2.15.